The fourth-order valence-corrected chi connectivity index (χ4v) is 2.68. The Morgan fingerprint density at radius 2 is 1.94 bits per heavy atom. The first-order valence-electron chi connectivity index (χ1n) is 6.26. The molecule has 0 bridgehead atoms. The number of carbonyl (C=O) groups is 1. The highest BCUT2D eigenvalue weighted by Gasteiger charge is 2.57. The monoisotopic (exact) mass is 230 g/mol. The molecule has 1 fully saturated rings. The van der Waals surface area contributed by atoms with Gasteiger partial charge in [0.15, 0.2) is 5.78 Å². The third-order valence-corrected chi connectivity index (χ3v) is 4.55. The van der Waals surface area contributed by atoms with E-state index >= 15 is 0 Å². The first-order valence-corrected chi connectivity index (χ1v) is 6.26. The van der Waals surface area contributed by atoms with Crippen LogP contribution in [0.5, 0.6) is 5.75 Å². The molecule has 1 unspecified atom stereocenters. The second-order valence-electron chi connectivity index (χ2n) is 5.99. The van der Waals surface area contributed by atoms with E-state index in [4.69, 9.17) is 4.74 Å². The van der Waals surface area contributed by atoms with Crippen LogP contribution in [0.25, 0.3) is 0 Å². The summed E-state index contributed by atoms with van der Waals surface area (Å²) in [6.07, 6.45) is 2.84. The molecule has 1 aromatic carbocycles. The maximum atomic E-state index is 12.2. The largest absolute Gasteiger partial charge is 0.486 e. The fraction of sp³-hybridized carbons (Fsp3) is 0.533. The molecule has 1 saturated carbocycles. The number of carbonyl (C=O) groups excluding carboxylic acids is 1. The van der Waals surface area contributed by atoms with Gasteiger partial charge in [-0.05, 0) is 38.8 Å². The molecule has 3 rings (SSSR count). The predicted octanol–water partition coefficient (Wildman–Crippen LogP) is 3.52. The minimum absolute atomic E-state index is 0.186. The van der Waals surface area contributed by atoms with Gasteiger partial charge in [0.25, 0.3) is 0 Å². The zero-order chi connectivity index (χ0) is 12.3. The van der Waals surface area contributed by atoms with E-state index in [0.717, 1.165) is 29.7 Å². The Balaban J connectivity index is 2.04. The molecule has 2 heteroatoms. The van der Waals surface area contributed by atoms with Crippen molar-refractivity contribution in [1.29, 1.82) is 0 Å². The van der Waals surface area contributed by atoms with Gasteiger partial charge in [-0.1, -0.05) is 18.6 Å². The smallest absolute Gasteiger partial charge is 0.170 e. The molecular formula is C15H18O2. The van der Waals surface area contributed by atoms with E-state index < -0.39 is 0 Å². The summed E-state index contributed by atoms with van der Waals surface area (Å²) in [5.41, 5.74) is 1.74. The molecule has 0 N–H and O–H groups in total. The number of fused-ring (bicyclic) bond motifs is 1. The zero-order valence-corrected chi connectivity index (χ0v) is 10.7. The SMILES string of the molecule is Cc1ccc2c(c1)C(=O)CC(C)(C1(C)CC1)O2. The van der Waals surface area contributed by atoms with E-state index in [-0.39, 0.29) is 16.8 Å². The first kappa shape index (κ1) is 10.8. The highest BCUT2D eigenvalue weighted by Crippen LogP contribution is 2.58. The molecule has 2 nitrogen and oxygen atoms in total. The average Bonchev–Trinajstić information content (AvgIpc) is 3.00. The van der Waals surface area contributed by atoms with Crippen molar-refractivity contribution in [1.82, 2.24) is 0 Å². The van der Waals surface area contributed by atoms with Gasteiger partial charge in [0, 0.05) is 5.41 Å². The van der Waals surface area contributed by atoms with Gasteiger partial charge in [0.05, 0.1) is 12.0 Å². The molecule has 0 saturated heterocycles. The molecule has 0 amide bonds. The molecule has 1 aliphatic carbocycles. The molecule has 1 atom stereocenters. The number of aryl methyl sites for hydroxylation is 1. The molecule has 0 aromatic heterocycles. The van der Waals surface area contributed by atoms with Crippen molar-refractivity contribution in [2.75, 3.05) is 0 Å². The maximum absolute atomic E-state index is 12.2. The van der Waals surface area contributed by atoms with Crippen LogP contribution in [0, 0.1) is 12.3 Å². The van der Waals surface area contributed by atoms with Crippen molar-refractivity contribution >= 4 is 5.78 Å². The van der Waals surface area contributed by atoms with Crippen LogP contribution in [0.4, 0.5) is 0 Å². The second-order valence-corrected chi connectivity index (χ2v) is 5.99. The van der Waals surface area contributed by atoms with Crippen LogP contribution in [0.1, 0.15) is 49.0 Å². The normalized spacial score (nSPS) is 29.5. The maximum Gasteiger partial charge on any atom is 0.170 e. The van der Waals surface area contributed by atoms with E-state index in [0.29, 0.717) is 6.42 Å². The summed E-state index contributed by atoms with van der Waals surface area (Å²) in [5, 5.41) is 0. The molecule has 1 aromatic rings. The van der Waals surface area contributed by atoms with Gasteiger partial charge in [-0.25, -0.2) is 0 Å². The van der Waals surface area contributed by atoms with Crippen molar-refractivity contribution in [2.45, 2.75) is 45.6 Å². The third-order valence-electron chi connectivity index (χ3n) is 4.55. The lowest BCUT2D eigenvalue weighted by Gasteiger charge is -2.40. The molecule has 1 aliphatic heterocycles. The lowest BCUT2D eigenvalue weighted by molar-refractivity contribution is 0.00420. The minimum atomic E-state index is -0.313. The van der Waals surface area contributed by atoms with Gasteiger partial charge in [-0.15, -0.1) is 0 Å². The summed E-state index contributed by atoms with van der Waals surface area (Å²) in [4.78, 5) is 12.2. The first-order chi connectivity index (χ1) is 7.94. The van der Waals surface area contributed by atoms with E-state index in [1.165, 1.54) is 0 Å². The Labute approximate surface area is 102 Å². The lowest BCUT2D eigenvalue weighted by Crippen LogP contribution is -2.46. The second kappa shape index (κ2) is 3.12. The molecule has 2 aliphatic rings. The Morgan fingerprint density at radius 3 is 2.59 bits per heavy atom. The Bertz CT molecular complexity index is 500. The fourth-order valence-electron chi connectivity index (χ4n) is 2.68. The molecule has 0 spiro atoms. The highest BCUT2D eigenvalue weighted by atomic mass is 16.5. The van der Waals surface area contributed by atoms with Crippen molar-refractivity contribution in [3.8, 4) is 5.75 Å². The standard InChI is InChI=1S/C15H18O2/c1-10-4-5-13-11(8-10)12(16)9-15(3,17-13)14(2)6-7-14/h4-5,8H,6-7,9H2,1-3H3. The number of Topliss-reactive ketones (excluding diaryl/α,β-unsaturated/α-hetero) is 1. The van der Waals surface area contributed by atoms with Gasteiger partial charge in [-0.3, -0.25) is 4.79 Å². The van der Waals surface area contributed by atoms with Crippen molar-refractivity contribution in [3.05, 3.63) is 29.3 Å². The number of hydrogen-bond acceptors (Lipinski definition) is 2. The molecule has 90 valence electrons. The van der Waals surface area contributed by atoms with Crippen LogP contribution >= 0.6 is 0 Å². The highest BCUT2D eigenvalue weighted by molar-refractivity contribution is 6.00. The van der Waals surface area contributed by atoms with Gasteiger partial charge in [0.1, 0.15) is 11.4 Å². The quantitative estimate of drug-likeness (QED) is 0.737. The van der Waals surface area contributed by atoms with E-state index in [2.05, 4.69) is 13.8 Å². The van der Waals surface area contributed by atoms with Crippen LogP contribution < -0.4 is 4.74 Å². The summed E-state index contributed by atoms with van der Waals surface area (Å²) < 4.78 is 6.15. The summed E-state index contributed by atoms with van der Waals surface area (Å²) in [5.74, 6) is 0.994. The summed E-state index contributed by atoms with van der Waals surface area (Å²) >= 11 is 0. The van der Waals surface area contributed by atoms with Gasteiger partial charge in [-0.2, -0.15) is 0 Å². The van der Waals surface area contributed by atoms with Crippen molar-refractivity contribution < 1.29 is 9.53 Å². The number of ether oxygens (including phenoxy) is 1. The Kier molecular flexibility index (Phi) is 1.99. The topological polar surface area (TPSA) is 26.3 Å². The summed E-state index contributed by atoms with van der Waals surface area (Å²) in [6.45, 7) is 6.31. The lowest BCUT2D eigenvalue weighted by atomic mass is 9.79. The van der Waals surface area contributed by atoms with Crippen molar-refractivity contribution in [3.63, 3.8) is 0 Å². The van der Waals surface area contributed by atoms with Gasteiger partial charge in [0.2, 0.25) is 0 Å². The van der Waals surface area contributed by atoms with Crippen LogP contribution in [-0.2, 0) is 0 Å². The van der Waals surface area contributed by atoms with Crippen molar-refractivity contribution in [2.24, 2.45) is 5.41 Å². The minimum Gasteiger partial charge on any atom is -0.486 e. The molecule has 0 radical (unpaired) electrons. The zero-order valence-electron chi connectivity index (χ0n) is 10.7. The number of rotatable bonds is 1. The van der Waals surface area contributed by atoms with E-state index in [1.54, 1.807) is 0 Å². The van der Waals surface area contributed by atoms with Crippen LogP contribution in [-0.4, -0.2) is 11.4 Å². The van der Waals surface area contributed by atoms with Crippen LogP contribution in [0.3, 0.4) is 0 Å². The summed E-state index contributed by atoms with van der Waals surface area (Å²) in [6, 6.07) is 5.88. The predicted molar refractivity (Wildman–Crippen MR) is 66.5 cm³/mol. The number of hydrogen-bond donors (Lipinski definition) is 0. The molecular weight excluding hydrogens is 212 g/mol. The van der Waals surface area contributed by atoms with Gasteiger partial charge < -0.3 is 4.74 Å². The number of ketones is 1. The summed E-state index contributed by atoms with van der Waals surface area (Å²) in [7, 11) is 0. The Hall–Kier alpha value is -1.31. The van der Waals surface area contributed by atoms with Gasteiger partial charge >= 0.3 is 0 Å². The third kappa shape index (κ3) is 1.50. The molecule has 17 heavy (non-hydrogen) atoms. The average molecular weight is 230 g/mol. The van der Waals surface area contributed by atoms with Crippen LogP contribution in [0.15, 0.2) is 18.2 Å². The Morgan fingerprint density at radius 1 is 1.24 bits per heavy atom. The number of benzene rings is 1. The molecule has 1 heterocycles. The van der Waals surface area contributed by atoms with Crippen LogP contribution in [0.2, 0.25) is 0 Å². The van der Waals surface area contributed by atoms with E-state index in [1.807, 2.05) is 25.1 Å². The van der Waals surface area contributed by atoms with E-state index in [9.17, 15) is 4.79 Å².